The van der Waals surface area contributed by atoms with Gasteiger partial charge in [0.05, 0.1) is 17.2 Å². The van der Waals surface area contributed by atoms with Gasteiger partial charge in [-0.15, -0.1) is 0 Å². The molecule has 0 bridgehead atoms. The molecule has 26 heavy (non-hydrogen) atoms. The maximum absolute atomic E-state index is 12.9. The molecule has 0 spiro atoms. The Hall–Kier alpha value is -2.00. The van der Waals surface area contributed by atoms with Crippen molar-refractivity contribution in [3.8, 4) is 0 Å². The van der Waals surface area contributed by atoms with E-state index in [1.165, 1.54) is 11.0 Å². The third-order valence-electron chi connectivity index (χ3n) is 4.90. The summed E-state index contributed by atoms with van der Waals surface area (Å²) in [6.07, 6.45) is -4.14. The highest BCUT2D eigenvalue weighted by Gasteiger charge is 2.55. The van der Waals surface area contributed by atoms with Crippen molar-refractivity contribution in [1.29, 1.82) is 0 Å². The second-order valence-electron chi connectivity index (χ2n) is 6.50. The fraction of sp³-hybridized carbons (Fsp3) is 0.500. The molecule has 2 N–H and O–H groups in total. The van der Waals surface area contributed by atoms with Crippen LogP contribution in [0.4, 0.5) is 23.7 Å². The van der Waals surface area contributed by atoms with Crippen LogP contribution in [0.25, 0.3) is 0 Å². The number of rotatable bonds is 2. The summed E-state index contributed by atoms with van der Waals surface area (Å²) in [5.74, 6) is -1.29. The first-order valence-electron chi connectivity index (χ1n) is 7.87. The highest BCUT2D eigenvalue weighted by atomic mass is 35.5. The monoisotopic (exact) mass is 392 g/mol. The zero-order valence-electron chi connectivity index (χ0n) is 13.5. The molecule has 2 aliphatic heterocycles. The number of benzene rings is 1. The quantitative estimate of drug-likeness (QED) is 0.809. The normalized spacial score (nSPS) is 25.7. The predicted molar refractivity (Wildman–Crippen MR) is 86.0 cm³/mol. The number of nitrogens with zero attached hydrogens (tertiary/aromatic N) is 1. The lowest BCUT2D eigenvalue weighted by atomic mass is 9.76. The van der Waals surface area contributed by atoms with Gasteiger partial charge in [-0.25, -0.2) is 4.79 Å². The molecule has 1 aromatic carbocycles. The number of halogens is 4. The van der Waals surface area contributed by atoms with Gasteiger partial charge in [0, 0.05) is 25.4 Å². The third-order valence-corrected chi connectivity index (χ3v) is 5.23. The highest BCUT2D eigenvalue weighted by molar-refractivity contribution is 6.31. The number of carboxylic acids is 1. The van der Waals surface area contributed by atoms with Crippen LogP contribution in [0.3, 0.4) is 0 Å². The van der Waals surface area contributed by atoms with E-state index in [4.69, 9.17) is 16.3 Å². The van der Waals surface area contributed by atoms with Crippen molar-refractivity contribution in [1.82, 2.24) is 4.90 Å². The van der Waals surface area contributed by atoms with Crippen LogP contribution in [0, 0.1) is 11.3 Å². The Morgan fingerprint density at radius 3 is 2.73 bits per heavy atom. The van der Waals surface area contributed by atoms with Crippen molar-refractivity contribution in [2.75, 3.05) is 31.6 Å². The predicted octanol–water partition coefficient (Wildman–Crippen LogP) is 3.31. The second-order valence-corrected chi connectivity index (χ2v) is 6.91. The van der Waals surface area contributed by atoms with Gasteiger partial charge in [0.1, 0.15) is 5.41 Å². The van der Waals surface area contributed by atoms with Crippen molar-refractivity contribution < 1.29 is 32.6 Å². The average molecular weight is 393 g/mol. The van der Waals surface area contributed by atoms with Gasteiger partial charge < -0.3 is 20.1 Å². The number of anilines is 1. The number of alkyl halides is 3. The van der Waals surface area contributed by atoms with Gasteiger partial charge in [-0.05, 0) is 30.5 Å². The number of carboxylic acid groups (broad SMARTS) is 1. The minimum Gasteiger partial charge on any atom is -0.481 e. The van der Waals surface area contributed by atoms with E-state index < -0.39 is 34.2 Å². The zero-order valence-corrected chi connectivity index (χ0v) is 14.2. The van der Waals surface area contributed by atoms with Crippen LogP contribution in [0.1, 0.15) is 12.0 Å². The third kappa shape index (κ3) is 3.33. The molecule has 2 fully saturated rings. The fourth-order valence-corrected chi connectivity index (χ4v) is 3.69. The number of nitrogens with one attached hydrogen (secondary N) is 1. The van der Waals surface area contributed by atoms with Crippen molar-refractivity contribution in [3.63, 3.8) is 0 Å². The van der Waals surface area contributed by atoms with Crippen LogP contribution in [-0.4, -0.2) is 48.3 Å². The summed E-state index contributed by atoms with van der Waals surface area (Å²) in [6.45, 7) is 0.580. The SMILES string of the molecule is O=C(Nc1ccc(Cl)c(C(F)(F)F)c1)N1C[C@@H]2CCOC[C@]2(C(=O)O)C1. The summed E-state index contributed by atoms with van der Waals surface area (Å²) in [6, 6.07) is 2.40. The largest absolute Gasteiger partial charge is 0.481 e. The minimum atomic E-state index is -4.65. The molecule has 6 nitrogen and oxygen atoms in total. The second kappa shape index (κ2) is 6.62. The Bertz CT molecular complexity index is 743. The molecule has 1 aromatic rings. The van der Waals surface area contributed by atoms with Gasteiger partial charge in [-0.1, -0.05) is 11.6 Å². The van der Waals surface area contributed by atoms with E-state index >= 15 is 0 Å². The van der Waals surface area contributed by atoms with Crippen molar-refractivity contribution in [2.45, 2.75) is 12.6 Å². The number of aliphatic carboxylic acids is 1. The molecule has 0 aromatic heterocycles. The van der Waals surface area contributed by atoms with Gasteiger partial charge in [0.25, 0.3) is 0 Å². The summed E-state index contributed by atoms with van der Waals surface area (Å²) in [5.41, 5.74) is -2.29. The number of carbonyl (C=O) groups excluding carboxylic acids is 1. The van der Waals surface area contributed by atoms with Crippen molar-refractivity contribution in [3.05, 3.63) is 28.8 Å². The smallest absolute Gasteiger partial charge is 0.417 e. The molecule has 10 heteroatoms. The Morgan fingerprint density at radius 2 is 2.12 bits per heavy atom. The summed E-state index contributed by atoms with van der Waals surface area (Å²) in [4.78, 5) is 25.4. The average Bonchev–Trinajstić information content (AvgIpc) is 2.97. The van der Waals surface area contributed by atoms with Crippen LogP contribution in [0.15, 0.2) is 18.2 Å². The van der Waals surface area contributed by atoms with Crippen LogP contribution < -0.4 is 5.32 Å². The van der Waals surface area contributed by atoms with E-state index in [-0.39, 0.29) is 31.3 Å². The molecule has 2 atom stereocenters. The summed E-state index contributed by atoms with van der Waals surface area (Å²) in [7, 11) is 0. The molecular formula is C16H16ClF3N2O4. The maximum Gasteiger partial charge on any atom is 0.417 e. The molecule has 0 aliphatic carbocycles. The number of hydrogen-bond donors (Lipinski definition) is 2. The van der Waals surface area contributed by atoms with Gasteiger partial charge in [-0.3, -0.25) is 4.79 Å². The lowest BCUT2D eigenvalue weighted by Crippen LogP contribution is -2.46. The molecule has 2 amide bonds. The first kappa shape index (κ1) is 18.8. The first-order valence-corrected chi connectivity index (χ1v) is 8.25. The van der Waals surface area contributed by atoms with Gasteiger partial charge in [-0.2, -0.15) is 13.2 Å². The lowest BCUT2D eigenvalue weighted by molar-refractivity contribution is -0.159. The molecule has 2 aliphatic rings. The molecule has 3 rings (SSSR count). The van der Waals surface area contributed by atoms with Gasteiger partial charge >= 0.3 is 18.2 Å². The number of amides is 2. The number of ether oxygens (including phenoxy) is 1. The van der Waals surface area contributed by atoms with E-state index in [1.807, 2.05) is 0 Å². The van der Waals surface area contributed by atoms with Crippen LogP contribution in [0.2, 0.25) is 5.02 Å². The molecule has 0 radical (unpaired) electrons. The van der Waals surface area contributed by atoms with E-state index in [1.54, 1.807) is 0 Å². The van der Waals surface area contributed by atoms with Crippen LogP contribution in [-0.2, 0) is 15.7 Å². The topological polar surface area (TPSA) is 78.9 Å². The van der Waals surface area contributed by atoms with Crippen molar-refractivity contribution >= 4 is 29.3 Å². The molecule has 2 saturated heterocycles. The number of carbonyl (C=O) groups is 2. The summed E-state index contributed by atoms with van der Waals surface area (Å²) in [5, 5.41) is 11.5. The van der Waals surface area contributed by atoms with E-state index in [0.717, 1.165) is 12.1 Å². The summed E-state index contributed by atoms with van der Waals surface area (Å²) < 4.78 is 44.0. The molecular weight excluding hydrogens is 377 g/mol. The summed E-state index contributed by atoms with van der Waals surface area (Å²) >= 11 is 5.56. The first-order chi connectivity index (χ1) is 12.1. The standard InChI is InChI=1S/C16H16ClF3N2O4/c17-12-2-1-10(5-11(12)16(18,19)20)21-14(25)22-6-9-3-4-26-8-15(9,7-22)13(23)24/h1-2,5,9H,3-4,6-8H2,(H,21,25)(H,23,24)/t9-,15+/m0/s1. The molecule has 142 valence electrons. The Labute approximate surface area is 151 Å². The minimum absolute atomic E-state index is 0.00987. The lowest BCUT2D eigenvalue weighted by Gasteiger charge is -2.33. The van der Waals surface area contributed by atoms with E-state index in [9.17, 15) is 27.9 Å². The zero-order chi connectivity index (χ0) is 19.1. The molecule has 0 saturated carbocycles. The molecule has 0 unspecified atom stereocenters. The number of likely N-dealkylation sites (tertiary alicyclic amines) is 1. The number of hydrogen-bond acceptors (Lipinski definition) is 3. The van der Waals surface area contributed by atoms with Crippen LogP contribution >= 0.6 is 11.6 Å². The number of urea groups is 1. The van der Waals surface area contributed by atoms with Gasteiger partial charge in [0.15, 0.2) is 0 Å². The van der Waals surface area contributed by atoms with Crippen LogP contribution in [0.5, 0.6) is 0 Å². The Kier molecular flexibility index (Phi) is 4.78. The van der Waals surface area contributed by atoms with Crippen molar-refractivity contribution in [2.24, 2.45) is 11.3 Å². The Balaban J connectivity index is 1.76. The fourth-order valence-electron chi connectivity index (χ4n) is 3.47. The van der Waals surface area contributed by atoms with E-state index in [0.29, 0.717) is 13.0 Å². The van der Waals surface area contributed by atoms with Gasteiger partial charge in [0.2, 0.25) is 0 Å². The highest BCUT2D eigenvalue weighted by Crippen LogP contribution is 2.42. The number of fused-ring (bicyclic) bond motifs is 1. The van der Waals surface area contributed by atoms with E-state index in [2.05, 4.69) is 5.32 Å². The maximum atomic E-state index is 12.9. The molecule has 2 heterocycles. The Morgan fingerprint density at radius 1 is 1.38 bits per heavy atom.